The third kappa shape index (κ3) is 1.61. The van der Waals surface area contributed by atoms with Crippen LogP contribution in [0, 0.1) is 0 Å². The van der Waals surface area contributed by atoms with Gasteiger partial charge in [0.15, 0.2) is 5.78 Å². The molecule has 2 rings (SSSR count). The van der Waals surface area contributed by atoms with E-state index in [1.807, 2.05) is 0 Å². The molecule has 4 heteroatoms. The highest BCUT2D eigenvalue weighted by molar-refractivity contribution is 6.01. The van der Waals surface area contributed by atoms with Gasteiger partial charge in [0.05, 0.1) is 12.1 Å². The zero-order chi connectivity index (χ0) is 10.9. The van der Waals surface area contributed by atoms with Crippen molar-refractivity contribution in [3.05, 3.63) is 24.3 Å². The van der Waals surface area contributed by atoms with Crippen molar-refractivity contribution >= 4 is 11.7 Å². The van der Waals surface area contributed by atoms with E-state index in [-0.39, 0.29) is 18.3 Å². The predicted molar refractivity (Wildman–Crippen MR) is 54.1 cm³/mol. The van der Waals surface area contributed by atoms with Crippen molar-refractivity contribution in [2.24, 2.45) is 0 Å². The van der Waals surface area contributed by atoms with Gasteiger partial charge < -0.3 is 10.0 Å². The maximum Gasteiger partial charge on any atom is 0.223 e. The first kappa shape index (κ1) is 10.1. The number of carbonyl (C=O) groups excluding carboxylic acids is 2. The first-order valence-electron chi connectivity index (χ1n) is 5.02. The van der Waals surface area contributed by atoms with Crippen LogP contribution in [0.5, 0.6) is 0 Å². The molecule has 1 spiro atoms. The number of aliphatic hydroxyl groups is 1. The van der Waals surface area contributed by atoms with Crippen LogP contribution < -0.4 is 0 Å². The number of likely N-dealkylation sites (tertiary alicyclic amines) is 1. The zero-order valence-corrected chi connectivity index (χ0v) is 8.35. The monoisotopic (exact) mass is 207 g/mol. The number of hydrogen-bond acceptors (Lipinski definition) is 3. The molecular formula is C11H13NO3. The molecule has 1 N–H and O–H groups in total. The molecule has 0 bridgehead atoms. The largest absolute Gasteiger partial charge is 0.395 e. The predicted octanol–water partition coefficient (Wildman–Crippen LogP) is 0.0350. The molecule has 15 heavy (non-hydrogen) atoms. The number of carbonyl (C=O) groups is 2. The Morgan fingerprint density at radius 3 is 2.60 bits per heavy atom. The summed E-state index contributed by atoms with van der Waals surface area (Å²) in [5.41, 5.74) is -0.465. The minimum absolute atomic E-state index is 0.0349. The molecule has 80 valence electrons. The van der Waals surface area contributed by atoms with Gasteiger partial charge in [0.25, 0.3) is 0 Å². The summed E-state index contributed by atoms with van der Waals surface area (Å²) in [6, 6.07) is 0. The van der Waals surface area contributed by atoms with E-state index in [4.69, 9.17) is 5.11 Å². The van der Waals surface area contributed by atoms with Gasteiger partial charge in [-0.05, 0) is 18.6 Å². The molecule has 0 radical (unpaired) electrons. The standard InChI is InChI=1S/C11H13NO3/c13-8-7-12-10(15)3-6-11(12)4-1-9(14)2-5-11/h1-2,4-5,13H,3,6-8H2. The summed E-state index contributed by atoms with van der Waals surface area (Å²) < 4.78 is 0. The second-order valence-electron chi connectivity index (χ2n) is 3.83. The molecule has 1 amide bonds. The van der Waals surface area contributed by atoms with Gasteiger partial charge in [-0.25, -0.2) is 0 Å². The van der Waals surface area contributed by atoms with Crippen LogP contribution in [0.1, 0.15) is 12.8 Å². The minimum Gasteiger partial charge on any atom is -0.395 e. The molecule has 2 aliphatic rings. The van der Waals surface area contributed by atoms with Gasteiger partial charge >= 0.3 is 0 Å². The average molecular weight is 207 g/mol. The van der Waals surface area contributed by atoms with Crippen LogP contribution in [-0.4, -0.2) is 40.4 Å². The summed E-state index contributed by atoms with van der Waals surface area (Å²) >= 11 is 0. The Balaban J connectivity index is 2.27. The lowest BCUT2D eigenvalue weighted by Crippen LogP contribution is -2.45. The van der Waals surface area contributed by atoms with Gasteiger partial charge in [-0.15, -0.1) is 0 Å². The first-order valence-corrected chi connectivity index (χ1v) is 5.02. The molecule has 1 fully saturated rings. The number of hydrogen-bond donors (Lipinski definition) is 1. The molecule has 0 aromatic carbocycles. The van der Waals surface area contributed by atoms with E-state index in [0.717, 1.165) is 0 Å². The normalized spacial score (nSPS) is 23.1. The van der Waals surface area contributed by atoms with Crippen molar-refractivity contribution in [3.8, 4) is 0 Å². The van der Waals surface area contributed by atoms with Crippen molar-refractivity contribution < 1.29 is 14.7 Å². The van der Waals surface area contributed by atoms with E-state index >= 15 is 0 Å². The quantitative estimate of drug-likeness (QED) is 0.695. The highest BCUT2D eigenvalue weighted by Gasteiger charge is 2.42. The van der Waals surface area contributed by atoms with Crippen molar-refractivity contribution in [2.45, 2.75) is 18.4 Å². The highest BCUT2D eigenvalue weighted by atomic mass is 16.3. The lowest BCUT2D eigenvalue weighted by Gasteiger charge is -2.34. The zero-order valence-electron chi connectivity index (χ0n) is 8.35. The fourth-order valence-electron chi connectivity index (χ4n) is 2.15. The molecule has 1 saturated heterocycles. The number of β-amino-alcohol motifs (C(OH)–C–C–N with tert-alkyl or cyclic N) is 1. The topological polar surface area (TPSA) is 57.6 Å². The van der Waals surface area contributed by atoms with Crippen LogP contribution in [0.4, 0.5) is 0 Å². The number of ketones is 1. The summed E-state index contributed by atoms with van der Waals surface area (Å²) in [6.45, 7) is 0.269. The van der Waals surface area contributed by atoms with Crippen LogP contribution >= 0.6 is 0 Å². The van der Waals surface area contributed by atoms with Gasteiger partial charge in [-0.3, -0.25) is 9.59 Å². The highest BCUT2D eigenvalue weighted by Crippen LogP contribution is 2.34. The summed E-state index contributed by atoms with van der Waals surface area (Å²) in [5.74, 6) is -0.0170. The Morgan fingerprint density at radius 1 is 1.33 bits per heavy atom. The molecule has 0 aromatic heterocycles. The van der Waals surface area contributed by atoms with E-state index in [0.29, 0.717) is 19.4 Å². The van der Waals surface area contributed by atoms with Gasteiger partial charge in [0.2, 0.25) is 5.91 Å². The van der Waals surface area contributed by atoms with E-state index in [9.17, 15) is 9.59 Å². The molecule has 0 aromatic rings. The SMILES string of the molecule is O=C1C=CC2(C=C1)CCC(=O)N2CCO. The van der Waals surface area contributed by atoms with Crippen LogP contribution in [0.3, 0.4) is 0 Å². The molecule has 0 saturated carbocycles. The lowest BCUT2D eigenvalue weighted by atomic mass is 9.91. The second kappa shape index (κ2) is 3.62. The second-order valence-corrected chi connectivity index (χ2v) is 3.83. The van der Waals surface area contributed by atoms with Crippen molar-refractivity contribution in [3.63, 3.8) is 0 Å². The fourth-order valence-corrected chi connectivity index (χ4v) is 2.15. The maximum atomic E-state index is 11.6. The number of nitrogens with zero attached hydrogens (tertiary/aromatic N) is 1. The Morgan fingerprint density at radius 2 is 2.00 bits per heavy atom. The number of allylic oxidation sites excluding steroid dienone is 2. The molecular weight excluding hydrogens is 194 g/mol. The molecule has 4 nitrogen and oxygen atoms in total. The number of rotatable bonds is 2. The van der Waals surface area contributed by atoms with Crippen LogP contribution in [0.25, 0.3) is 0 Å². The van der Waals surface area contributed by atoms with Crippen molar-refractivity contribution in [2.75, 3.05) is 13.2 Å². The van der Waals surface area contributed by atoms with Gasteiger partial charge in [-0.1, -0.05) is 12.2 Å². The molecule has 1 aliphatic heterocycles. The van der Waals surface area contributed by atoms with E-state index in [1.165, 1.54) is 12.2 Å². The Hall–Kier alpha value is -1.42. The summed E-state index contributed by atoms with van der Waals surface area (Å²) in [6.07, 6.45) is 7.66. The smallest absolute Gasteiger partial charge is 0.223 e. The Labute approximate surface area is 87.9 Å². The summed E-state index contributed by atoms with van der Waals surface area (Å²) in [5, 5.41) is 8.90. The van der Waals surface area contributed by atoms with Crippen molar-refractivity contribution in [1.82, 2.24) is 4.90 Å². The Bertz CT molecular complexity index is 341. The minimum atomic E-state index is -0.465. The van der Waals surface area contributed by atoms with Crippen LogP contribution in [-0.2, 0) is 9.59 Å². The van der Waals surface area contributed by atoms with E-state index < -0.39 is 5.54 Å². The average Bonchev–Trinajstić information content (AvgIpc) is 2.53. The number of aliphatic hydroxyl groups excluding tert-OH is 1. The lowest BCUT2D eigenvalue weighted by molar-refractivity contribution is -0.130. The third-order valence-corrected chi connectivity index (χ3v) is 2.94. The maximum absolute atomic E-state index is 11.6. The van der Waals surface area contributed by atoms with E-state index in [1.54, 1.807) is 17.1 Å². The summed E-state index contributed by atoms with van der Waals surface area (Å²) in [7, 11) is 0. The van der Waals surface area contributed by atoms with Crippen molar-refractivity contribution in [1.29, 1.82) is 0 Å². The molecule has 0 atom stereocenters. The van der Waals surface area contributed by atoms with Gasteiger partial charge in [0, 0.05) is 13.0 Å². The van der Waals surface area contributed by atoms with Gasteiger partial charge in [0.1, 0.15) is 0 Å². The molecule has 1 aliphatic carbocycles. The van der Waals surface area contributed by atoms with Crippen LogP contribution in [0.15, 0.2) is 24.3 Å². The fraction of sp³-hybridized carbons (Fsp3) is 0.455. The van der Waals surface area contributed by atoms with Crippen LogP contribution in [0.2, 0.25) is 0 Å². The van der Waals surface area contributed by atoms with E-state index in [2.05, 4.69) is 0 Å². The Kier molecular flexibility index (Phi) is 2.44. The molecule has 0 unspecified atom stereocenters. The molecule has 1 heterocycles. The summed E-state index contributed by atoms with van der Waals surface area (Å²) in [4.78, 5) is 24.2. The number of amides is 1. The third-order valence-electron chi connectivity index (χ3n) is 2.94. The first-order chi connectivity index (χ1) is 7.18. The van der Waals surface area contributed by atoms with Gasteiger partial charge in [-0.2, -0.15) is 0 Å².